The number of nitrogens with one attached hydrogen (secondary N) is 1. The molecule has 0 aromatic carbocycles. The van der Waals surface area contributed by atoms with Crippen LogP contribution in [0.25, 0.3) is 0 Å². The first-order chi connectivity index (χ1) is 9.28. The molecule has 2 aliphatic carbocycles. The minimum absolute atomic E-state index is 0.0623. The van der Waals surface area contributed by atoms with Crippen LogP contribution in [0.5, 0.6) is 0 Å². The van der Waals surface area contributed by atoms with Crippen LogP contribution in [0.1, 0.15) is 60.7 Å². The Morgan fingerprint density at radius 2 is 2.16 bits per heavy atom. The molecule has 1 heterocycles. The lowest BCUT2D eigenvalue weighted by molar-refractivity contribution is 0.0863. The van der Waals surface area contributed by atoms with Gasteiger partial charge in [-0.1, -0.05) is 18.0 Å². The predicted molar refractivity (Wildman–Crippen MR) is 68.8 cm³/mol. The maximum absolute atomic E-state index is 12.1. The molecule has 2 N–H and O–H groups in total. The van der Waals surface area contributed by atoms with E-state index in [1.807, 2.05) is 0 Å². The molecule has 0 radical (unpaired) electrons. The van der Waals surface area contributed by atoms with Gasteiger partial charge in [0, 0.05) is 30.6 Å². The van der Waals surface area contributed by atoms with Gasteiger partial charge in [0.15, 0.2) is 5.69 Å². The van der Waals surface area contributed by atoms with Gasteiger partial charge < -0.3 is 14.9 Å². The van der Waals surface area contributed by atoms with Gasteiger partial charge >= 0.3 is 0 Å². The third-order valence-electron chi connectivity index (χ3n) is 4.20. The molecule has 3 rings (SSSR count). The van der Waals surface area contributed by atoms with Crippen molar-refractivity contribution in [2.75, 3.05) is 6.61 Å². The van der Waals surface area contributed by atoms with Crippen molar-refractivity contribution in [2.45, 2.75) is 50.5 Å². The van der Waals surface area contributed by atoms with E-state index < -0.39 is 0 Å². The van der Waals surface area contributed by atoms with Crippen molar-refractivity contribution >= 4 is 5.91 Å². The number of amides is 1. The zero-order valence-electron chi connectivity index (χ0n) is 11.0. The molecule has 104 valence electrons. The maximum Gasteiger partial charge on any atom is 0.273 e. The van der Waals surface area contributed by atoms with Crippen molar-refractivity contribution in [3.63, 3.8) is 0 Å². The van der Waals surface area contributed by atoms with Crippen LogP contribution in [0.3, 0.4) is 0 Å². The van der Waals surface area contributed by atoms with Gasteiger partial charge in [0.25, 0.3) is 5.91 Å². The molecule has 2 atom stereocenters. The average Bonchev–Trinajstić information content (AvgIpc) is 3.17. The molecular formula is C14H20N2O3. The van der Waals surface area contributed by atoms with Crippen LogP contribution in [0.4, 0.5) is 0 Å². The second-order valence-electron chi connectivity index (χ2n) is 5.70. The number of carbonyl (C=O) groups excluding carboxylic acids is 1. The van der Waals surface area contributed by atoms with Crippen LogP contribution in [0.15, 0.2) is 10.6 Å². The predicted octanol–water partition coefficient (Wildman–Crippen LogP) is 1.83. The lowest BCUT2D eigenvalue weighted by Crippen LogP contribution is -2.43. The van der Waals surface area contributed by atoms with Gasteiger partial charge in [-0.2, -0.15) is 0 Å². The van der Waals surface area contributed by atoms with Crippen LogP contribution >= 0.6 is 0 Å². The summed E-state index contributed by atoms with van der Waals surface area (Å²) in [5, 5.41) is 16.2. The second-order valence-corrected chi connectivity index (χ2v) is 5.70. The molecule has 5 heteroatoms. The van der Waals surface area contributed by atoms with E-state index in [2.05, 4.69) is 10.5 Å². The standard InChI is InChI=1S/C14H20N2O3/c17-8-10-3-1-2-4-11(10)15-14(18)12-7-13(19-16-12)9-5-6-9/h7,9-11,17H,1-6,8H2,(H,15,18). The summed E-state index contributed by atoms with van der Waals surface area (Å²) >= 11 is 0. The number of carbonyl (C=O) groups is 1. The quantitative estimate of drug-likeness (QED) is 0.870. The van der Waals surface area contributed by atoms with E-state index in [0.717, 1.165) is 44.3 Å². The first-order valence-electron chi connectivity index (χ1n) is 7.16. The Labute approximate surface area is 112 Å². The Hall–Kier alpha value is -1.36. The third-order valence-corrected chi connectivity index (χ3v) is 4.20. The molecule has 2 unspecified atom stereocenters. The van der Waals surface area contributed by atoms with E-state index in [0.29, 0.717) is 11.6 Å². The molecule has 2 fully saturated rings. The van der Waals surface area contributed by atoms with E-state index in [-0.39, 0.29) is 24.5 Å². The average molecular weight is 264 g/mol. The summed E-state index contributed by atoms with van der Waals surface area (Å²) in [4.78, 5) is 12.1. The number of aliphatic hydroxyl groups is 1. The number of aliphatic hydroxyl groups excluding tert-OH is 1. The van der Waals surface area contributed by atoms with Crippen molar-refractivity contribution in [1.29, 1.82) is 0 Å². The molecule has 2 aliphatic rings. The molecule has 0 bridgehead atoms. The van der Waals surface area contributed by atoms with Gasteiger partial charge in [0.05, 0.1) is 0 Å². The second kappa shape index (κ2) is 5.33. The Bertz CT molecular complexity index is 453. The van der Waals surface area contributed by atoms with Gasteiger partial charge in [0.1, 0.15) is 5.76 Å². The van der Waals surface area contributed by atoms with Gasteiger partial charge in [-0.3, -0.25) is 4.79 Å². The molecule has 1 aromatic rings. The smallest absolute Gasteiger partial charge is 0.273 e. The summed E-state index contributed by atoms with van der Waals surface area (Å²) in [5.41, 5.74) is 0.365. The Morgan fingerprint density at radius 1 is 1.37 bits per heavy atom. The third kappa shape index (κ3) is 2.81. The highest BCUT2D eigenvalue weighted by molar-refractivity contribution is 5.92. The van der Waals surface area contributed by atoms with Crippen molar-refractivity contribution in [3.8, 4) is 0 Å². The maximum atomic E-state index is 12.1. The summed E-state index contributed by atoms with van der Waals surface area (Å²) in [6, 6.07) is 1.82. The summed E-state index contributed by atoms with van der Waals surface area (Å²) in [5.74, 6) is 1.29. The number of aromatic nitrogens is 1. The zero-order valence-corrected chi connectivity index (χ0v) is 11.0. The van der Waals surface area contributed by atoms with Crippen molar-refractivity contribution in [1.82, 2.24) is 10.5 Å². The zero-order chi connectivity index (χ0) is 13.2. The molecule has 1 amide bonds. The van der Waals surface area contributed by atoms with Crippen LogP contribution in [0.2, 0.25) is 0 Å². The van der Waals surface area contributed by atoms with Crippen molar-refractivity contribution < 1.29 is 14.4 Å². The fraction of sp³-hybridized carbons (Fsp3) is 0.714. The SMILES string of the molecule is O=C(NC1CCCCC1CO)c1cc(C2CC2)on1. The fourth-order valence-electron chi connectivity index (χ4n) is 2.82. The van der Waals surface area contributed by atoms with E-state index in [9.17, 15) is 9.90 Å². The molecule has 0 spiro atoms. The first-order valence-corrected chi connectivity index (χ1v) is 7.16. The Kier molecular flexibility index (Phi) is 3.55. The summed E-state index contributed by atoms with van der Waals surface area (Å²) < 4.78 is 5.19. The first kappa shape index (κ1) is 12.7. The Balaban J connectivity index is 1.62. The monoisotopic (exact) mass is 264 g/mol. The Morgan fingerprint density at radius 3 is 2.89 bits per heavy atom. The van der Waals surface area contributed by atoms with E-state index in [1.54, 1.807) is 6.07 Å². The van der Waals surface area contributed by atoms with E-state index in [1.165, 1.54) is 0 Å². The van der Waals surface area contributed by atoms with Crippen molar-refractivity contribution in [3.05, 3.63) is 17.5 Å². The van der Waals surface area contributed by atoms with E-state index in [4.69, 9.17) is 4.52 Å². The highest BCUT2D eigenvalue weighted by atomic mass is 16.5. The molecule has 19 heavy (non-hydrogen) atoms. The summed E-state index contributed by atoms with van der Waals surface area (Å²) in [6.45, 7) is 0.136. The minimum Gasteiger partial charge on any atom is -0.396 e. The normalized spacial score (nSPS) is 27.2. The highest BCUT2D eigenvalue weighted by Crippen LogP contribution is 2.40. The summed E-state index contributed by atoms with van der Waals surface area (Å²) in [7, 11) is 0. The number of nitrogens with zero attached hydrogens (tertiary/aromatic N) is 1. The number of rotatable bonds is 4. The molecule has 1 aromatic heterocycles. The minimum atomic E-state index is -0.180. The molecule has 5 nitrogen and oxygen atoms in total. The van der Waals surface area contributed by atoms with Crippen LogP contribution in [-0.4, -0.2) is 28.8 Å². The number of hydrogen-bond acceptors (Lipinski definition) is 4. The topological polar surface area (TPSA) is 75.4 Å². The lowest BCUT2D eigenvalue weighted by Gasteiger charge is -2.30. The van der Waals surface area contributed by atoms with Gasteiger partial charge in [-0.25, -0.2) is 0 Å². The largest absolute Gasteiger partial charge is 0.396 e. The number of hydrogen-bond donors (Lipinski definition) is 2. The molecule has 2 saturated carbocycles. The van der Waals surface area contributed by atoms with Gasteiger partial charge in [-0.05, 0) is 25.7 Å². The van der Waals surface area contributed by atoms with Crippen LogP contribution in [0, 0.1) is 5.92 Å². The fourth-order valence-corrected chi connectivity index (χ4v) is 2.82. The van der Waals surface area contributed by atoms with Crippen LogP contribution in [-0.2, 0) is 0 Å². The van der Waals surface area contributed by atoms with Crippen LogP contribution < -0.4 is 5.32 Å². The summed E-state index contributed by atoms with van der Waals surface area (Å²) in [6.07, 6.45) is 6.41. The van der Waals surface area contributed by atoms with Gasteiger partial charge in [-0.15, -0.1) is 0 Å². The van der Waals surface area contributed by atoms with Crippen molar-refractivity contribution in [2.24, 2.45) is 5.92 Å². The molecule has 0 saturated heterocycles. The van der Waals surface area contributed by atoms with Gasteiger partial charge in [0.2, 0.25) is 0 Å². The highest BCUT2D eigenvalue weighted by Gasteiger charge is 2.30. The molecular weight excluding hydrogens is 244 g/mol. The molecule has 0 aliphatic heterocycles. The van der Waals surface area contributed by atoms with E-state index >= 15 is 0 Å². The lowest BCUT2D eigenvalue weighted by atomic mass is 9.85.